The van der Waals surface area contributed by atoms with Crippen LogP contribution >= 0.6 is 23.6 Å². The Bertz CT molecular complexity index is 836. The molecule has 3 aromatic rings. The molecule has 0 aliphatic heterocycles. The van der Waals surface area contributed by atoms with E-state index >= 15 is 0 Å². The first-order valence-electron chi connectivity index (χ1n) is 7.02. The number of rotatable bonds is 5. The van der Waals surface area contributed by atoms with Crippen molar-refractivity contribution >= 4 is 39.7 Å². The summed E-state index contributed by atoms with van der Waals surface area (Å²) in [5.41, 5.74) is 2.14. The third kappa shape index (κ3) is 3.43. The molecular weight excluding hydrogens is 314 g/mol. The van der Waals surface area contributed by atoms with Crippen LogP contribution < -0.4 is 0 Å². The first kappa shape index (κ1) is 14.9. The van der Waals surface area contributed by atoms with Crippen LogP contribution in [0.1, 0.15) is 12.0 Å². The lowest BCUT2D eigenvalue weighted by atomic mass is 10.1. The monoisotopic (exact) mass is 329 g/mol. The van der Waals surface area contributed by atoms with Crippen LogP contribution in [0.5, 0.6) is 0 Å². The zero-order chi connectivity index (χ0) is 15.4. The van der Waals surface area contributed by atoms with E-state index < -0.39 is 0 Å². The summed E-state index contributed by atoms with van der Waals surface area (Å²) in [5.74, 6) is -0.207. The van der Waals surface area contributed by atoms with Crippen molar-refractivity contribution in [3.8, 4) is 0 Å². The van der Waals surface area contributed by atoms with Gasteiger partial charge in [0.1, 0.15) is 0 Å². The van der Waals surface area contributed by atoms with Crippen molar-refractivity contribution in [2.24, 2.45) is 0 Å². The predicted octanol–water partition coefficient (Wildman–Crippen LogP) is 4.57. The summed E-state index contributed by atoms with van der Waals surface area (Å²) in [6, 6.07) is 17.9. The van der Waals surface area contributed by atoms with Gasteiger partial charge >= 0.3 is 5.97 Å². The van der Waals surface area contributed by atoms with Gasteiger partial charge in [0.15, 0.2) is 10.7 Å². The van der Waals surface area contributed by atoms with E-state index in [1.54, 1.807) is 0 Å². The second-order valence-corrected chi connectivity index (χ2v) is 6.57. The molecule has 0 N–H and O–H groups in total. The van der Waals surface area contributed by atoms with E-state index in [0.29, 0.717) is 12.8 Å². The minimum Gasteiger partial charge on any atom is -0.444 e. The van der Waals surface area contributed by atoms with Crippen LogP contribution in [0.2, 0.25) is 0 Å². The molecule has 3 nitrogen and oxygen atoms in total. The molecule has 5 heteroatoms. The highest BCUT2D eigenvalue weighted by Gasteiger charge is 2.08. The van der Waals surface area contributed by atoms with E-state index in [4.69, 9.17) is 17.0 Å². The summed E-state index contributed by atoms with van der Waals surface area (Å²) in [5, 5.41) is 0. The molecule has 0 fully saturated rings. The van der Waals surface area contributed by atoms with Crippen molar-refractivity contribution in [1.29, 1.82) is 0 Å². The Morgan fingerprint density at radius 1 is 1.09 bits per heavy atom. The molecule has 0 unspecified atom stereocenters. The Morgan fingerprint density at radius 3 is 2.64 bits per heavy atom. The molecule has 1 aromatic heterocycles. The first-order valence-corrected chi connectivity index (χ1v) is 8.24. The molecule has 0 aliphatic carbocycles. The normalized spacial score (nSPS) is 10.7. The number of hydrogen-bond acceptors (Lipinski definition) is 4. The second kappa shape index (κ2) is 6.85. The minimum atomic E-state index is -0.207. The van der Waals surface area contributed by atoms with Crippen molar-refractivity contribution < 1.29 is 9.53 Å². The Balaban J connectivity index is 1.61. The molecule has 0 amide bonds. The van der Waals surface area contributed by atoms with Gasteiger partial charge in [-0.15, -0.1) is 11.3 Å². The van der Waals surface area contributed by atoms with Crippen LogP contribution in [0.15, 0.2) is 54.6 Å². The lowest BCUT2D eigenvalue weighted by Gasteiger charge is -2.07. The van der Waals surface area contributed by atoms with Gasteiger partial charge in [-0.1, -0.05) is 42.5 Å². The Hall–Kier alpha value is -1.98. The van der Waals surface area contributed by atoms with Gasteiger partial charge in [-0.2, -0.15) is 0 Å². The molecule has 0 saturated carbocycles. The summed E-state index contributed by atoms with van der Waals surface area (Å²) in [6.45, 7) is 0.177. The van der Waals surface area contributed by atoms with E-state index in [1.807, 2.05) is 59.2 Å². The van der Waals surface area contributed by atoms with Crippen molar-refractivity contribution in [2.45, 2.75) is 19.6 Å². The molecule has 1 heterocycles. The van der Waals surface area contributed by atoms with Gasteiger partial charge in [0.25, 0.3) is 0 Å². The molecule has 0 spiro atoms. The summed E-state index contributed by atoms with van der Waals surface area (Å²) in [6.07, 6.45) is 1.06. The number of benzene rings is 2. The third-order valence-corrected chi connectivity index (χ3v) is 4.82. The number of carbonyl (C=O) groups excluding carboxylic acids is 1. The number of ether oxygens (including phenoxy) is 1. The summed E-state index contributed by atoms with van der Waals surface area (Å²) in [7, 11) is 0. The fraction of sp³-hybridized carbons (Fsp3) is 0.176. The van der Waals surface area contributed by atoms with Crippen molar-refractivity contribution in [1.82, 2.24) is 4.57 Å². The van der Waals surface area contributed by atoms with Crippen LogP contribution in [-0.2, 0) is 22.7 Å². The standard InChI is InChI=1S/C17H15NO2S2/c19-16(11-10-13-6-2-1-3-7-13)20-12-18-14-8-4-5-9-15(14)22-17(18)21/h1-9H,10-12H2. The number of aryl methyl sites for hydroxylation is 1. The SMILES string of the molecule is O=C(CCc1ccccc1)OCn1c(=S)sc2ccccc21. The molecular formula is C17H15NO2S2. The number of aromatic nitrogens is 1. The second-order valence-electron chi connectivity index (χ2n) is 4.89. The summed E-state index contributed by atoms with van der Waals surface area (Å²) >= 11 is 6.86. The summed E-state index contributed by atoms with van der Waals surface area (Å²) in [4.78, 5) is 11.9. The minimum absolute atomic E-state index is 0.177. The van der Waals surface area contributed by atoms with Crippen molar-refractivity contribution in [2.75, 3.05) is 0 Å². The highest BCUT2D eigenvalue weighted by Crippen LogP contribution is 2.22. The topological polar surface area (TPSA) is 31.2 Å². The van der Waals surface area contributed by atoms with Gasteiger partial charge in [-0.05, 0) is 36.3 Å². The molecule has 22 heavy (non-hydrogen) atoms. The van der Waals surface area contributed by atoms with Crippen LogP contribution in [0.25, 0.3) is 10.2 Å². The number of carbonyl (C=O) groups is 1. The maximum atomic E-state index is 11.9. The fourth-order valence-corrected chi connectivity index (χ4v) is 3.54. The first-order chi connectivity index (χ1) is 10.7. The van der Waals surface area contributed by atoms with E-state index in [2.05, 4.69) is 0 Å². The van der Waals surface area contributed by atoms with E-state index in [1.165, 1.54) is 11.3 Å². The number of para-hydroxylation sites is 1. The van der Waals surface area contributed by atoms with Gasteiger partial charge in [-0.3, -0.25) is 9.36 Å². The molecule has 0 bridgehead atoms. The highest BCUT2D eigenvalue weighted by molar-refractivity contribution is 7.73. The van der Waals surface area contributed by atoms with E-state index in [9.17, 15) is 4.79 Å². The van der Waals surface area contributed by atoms with Gasteiger partial charge in [0.05, 0.1) is 10.2 Å². The Labute approximate surface area is 137 Å². The molecule has 0 aliphatic rings. The molecule has 0 atom stereocenters. The largest absolute Gasteiger partial charge is 0.444 e. The smallest absolute Gasteiger partial charge is 0.307 e. The van der Waals surface area contributed by atoms with Gasteiger partial charge < -0.3 is 4.74 Å². The van der Waals surface area contributed by atoms with Crippen LogP contribution in [0, 0.1) is 3.95 Å². The van der Waals surface area contributed by atoms with Gasteiger partial charge in [0.2, 0.25) is 0 Å². The maximum absolute atomic E-state index is 11.9. The molecule has 2 aromatic carbocycles. The molecule has 0 radical (unpaired) electrons. The zero-order valence-corrected chi connectivity index (χ0v) is 13.5. The fourth-order valence-electron chi connectivity index (χ4n) is 2.24. The van der Waals surface area contributed by atoms with Gasteiger partial charge in [0, 0.05) is 6.42 Å². The summed E-state index contributed by atoms with van der Waals surface area (Å²) < 4.78 is 9.04. The van der Waals surface area contributed by atoms with Crippen LogP contribution in [-0.4, -0.2) is 10.5 Å². The molecule has 112 valence electrons. The van der Waals surface area contributed by atoms with Crippen LogP contribution in [0.3, 0.4) is 0 Å². The van der Waals surface area contributed by atoms with E-state index in [-0.39, 0.29) is 12.7 Å². The van der Waals surface area contributed by atoms with Crippen LogP contribution in [0.4, 0.5) is 0 Å². The third-order valence-electron chi connectivity index (χ3n) is 3.39. The Kier molecular flexibility index (Phi) is 4.65. The number of fused-ring (bicyclic) bond motifs is 1. The molecule has 3 rings (SSSR count). The van der Waals surface area contributed by atoms with Crippen molar-refractivity contribution in [3.05, 3.63) is 64.1 Å². The van der Waals surface area contributed by atoms with Crippen molar-refractivity contribution in [3.63, 3.8) is 0 Å². The lowest BCUT2D eigenvalue weighted by Crippen LogP contribution is -2.10. The van der Waals surface area contributed by atoms with Gasteiger partial charge in [-0.25, -0.2) is 0 Å². The quantitative estimate of drug-likeness (QED) is 0.508. The molecule has 0 saturated heterocycles. The maximum Gasteiger partial charge on any atom is 0.307 e. The zero-order valence-electron chi connectivity index (χ0n) is 11.9. The predicted molar refractivity (Wildman–Crippen MR) is 91.5 cm³/mol. The average Bonchev–Trinajstić information content (AvgIpc) is 2.87. The number of esters is 1. The van der Waals surface area contributed by atoms with E-state index in [0.717, 1.165) is 19.7 Å². The Morgan fingerprint density at radius 2 is 1.82 bits per heavy atom. The number of thiazole rings is 1. The lowest BCUT2D eigenvalue weighted by molar-refractivity contribution is -0.147. The average molecular weight is 329 g/mol. The number of nitrogens with zero attached hydrogens (tertiary/aromatic N) is 1. The highest BCUT2D eigenvalue weighted by atomic mass is 32.1. The number of hydrogen-bond donors (Lipinski definition) is 0.